The molecule has 0 saturated carbocycles. The highest BCUT2D eigenvalue weighted by molar-refractivity contribution is 5.98. The Bertz CT molecular complexity index is 863. The predicted octanol–water partition coefficient (Wildman–Crippen LogP) is 1.30. The van der Waals surface area contributed by atoms with E-state index in [1.54, 1.807) is 37.7 Å². The van der Waals surface area contributed by atoms with Gasteiger partial charge in [-0.15, -0.1) is 0 Å². The van der Waals surface area contributed by atoms with Gasteiger partial charge in [0.25, 0.3) is 0 Å². The van der Waals surface area contributed by atoms with Crippen LogP contribution in [0, 0.1) is 5.82 Å². The van der Waals surface area contributed by atoms with Gasteiger partial charge in [0.1, 0.15) is 12.4 Å². The van der Waals surface area contributed by atoms with E-state index in [-0.39, 0.29) is 12.2 Å². The van der Waals surface area contributed by atoms with Crippen LogP contribution in [0.3, 0.4) is 0 Å². The molecule has 1 aromatic heterocycles. The summed E-state index contributed by atoms with van der Waals surface area (Å²) in [5.74, 6) is 0.121. The number of benzene rings is 1. The minimum absolute atomic E-state index is 0.253. The molecule has 9 heteroatoms. The fourth-order valence-corrected chi connectivity index (χ4v) is 3.30. The van der Waals surface area contributed by atoms with E-state index in [4.69, 9.17) is 9.57 Å². The Balaban J connectivity index is 1.25. The van der Waals surface area contributed by atoms with Crippen LogP contribution in [0.5, 0.6) is 0 Å². The van der Waals surface area contributed by atoms with E-state index in [2.05, 4.69) is 20.0 Å². The molecule has 2 saturated heterocycles. The molecule has 0 bridgehead atoms. The van der Waals surface area contributed by atoms with Gasteiger partial charge in [-0.25, -0.2) is 14.4 Å². The zero-order valence-corrected chi connectivity index (χ0v) is 16.3. The van der Waals surface area contributed by atoms with Crippen molar-refractivity contribution in [1.82, 2.24) is 14.9 Å². The van der Waals surface area contributed by atoms with Crippen LogP contribution in [0.25, 0.3) is 11.1 Å². The first-order valence-corrected chi connectivity index (χ1v) is 9.56. The number of likely N-dealkylation sites (tertiary alicyclic amines) is 1. The first kappa shape index (κ1) is 19.7. The van der Waals surface area contributed by atoms with Gasteiger partial charge >= 0.3 is 0 Å². The number of oxime groups is 1. The van der Waals surface area contributed by atoms with Crippen molar-refractivity contribution in [2.24, 2.45) is 5.16 Å². The van der Waals surface area contributed by atoms with Crippen molar-refractivity contribution < 1.29 is 19.1 Å². The zero-order chi connectivity index (χ0) is 20.2. The third-order valence-electron chi connectivity index (χ3n) is 5.18. The number of aliphatic hydroxyl groups is 1. The lowest BCUT2D eigenvalue weighted by Gasteiger charge is -2.37. The SMILES string of the molecule is COC1CN(CCON=C2CN(c3ncc(-c4cccc(CO)c4F)cn3)C2)C1. The van der Waals surface area contributed by atoms with E-state index < -0.39 is 5.82 Å². The third-order valence-corrected chi connectivity index (χ3v) is 5.18. The summed E-state index contributed by atoms with van der Waals surface area (Å²) in [5.41, 5.74) is 2.14. The second-order valence-electron chi connectivity index (χ2n) is 7.17. The number of aliphatic hydroxyl groups excluding tert-OH is 1. The summed E-state index contributed by atoms with van der Waals surface area (Å²) in [6.45, 7) is 4.19. The topological polar surface area (TPSA) is 83.3 Å². The van der Waals surface area contributed by atoms with Crippen molar-refractivity contribution in [3.8, 4) is 11.1 Å². The standard InChI is InChI=1S/C20H24FN5O3/c1-28-17-11-25(12-17)5-6-29-24-16-9-26(10-16)20-22-7-15(8-23-20)18-4-2-3-14(13-27)19(18)21/h2-4,7-8,17,27H,5-6,9-13H2,1H3. The number of ether oxygens (including phenoxy) is 1. The van der Waals surface area contributed by atoms with Gasteiger partial charge in [0.2, 0.25) is 5.95 Å². The Hall–Kier alpha value is -2.62. The number of hydrogen-bond acceptors (Lipinski definition) is 8. The van der Waals surface area contributed by atoms with Crippen LogP contribution in [-0.4, -0.2) is 78.2 Å². The maximum Gasteiger partial charge on any atom is 0.225 e. The normalized spacial score (nSPS) is 17.1. The van der Waals surface area contributed by atoms with Gasteiger partial charge in [0.05, 0.1) is 31.5 Å². The fraction of sp³-hybridized carbons (Fsp3) is 0.450. The Morgan fingerprint density at radius 3 is 2.69 bits per heavy atom. The molecule has 0 unspecified atom stereocenters. The fourth-order valence-electron chi connectivity index (χ4n) is 3.30. The van der Waals surface area contributed by atoms with E-state index in [0.717, 1.165) is 25.3 Å². The lowest BCUT2D eigenvalue weighted by atomic mass is 10.1. The molecule has 1 N–H and O–H groups in total. The first-order chi connectivity index (χ1) is 14.2. The van der Waals surface area contributed by atoms with Crippen LogP contribution in [-0.2, 0) is 16.2 Å². The van der Waals surface area contributed by atoms with Crippen LogP contribution in [0.15, 0.2) is 35.7 Å². The molecule has 0 spiro atoms. The number of halogens is 1. The van der Waals surface area contributed by atoms with Crippen molar-refractivity contribution in [2.45, 2.75) is 12.7 Å². The molecule has 0 atom stereocenters. The lowest BCUT2D eigenvalue weighted by molar-refractivity contribution is -0.0399. The number of methoxy groups -OCH3 is 1. The van der Waals surface area contributed by atoms with Crippen molar-refractivity contribution >= 4 is 11.7 Å². The van der Waals surface area contributed by atoms with Crippen LogP contribution in [0.2, 0.25) is 0 Å². The smallest absolute Gasteiger partial charge is 0.225 e. The van der Waals surface area contributed by atoms with Crippen molar-refractivity contribution in [3.63, 3.8) is 0 Å². The van der Waals surface area contributed by atoms with Crippen molar-refractivity contribution in [1.29, 1.82) is 0 Å². The Morgan fingerprint density at radius 2 is 2.00 bits per heavy atom. The van der Waals surface area contributed by atoms with Crippen molar-refractivity contribution in [2.75, 3.05) is 51.3 Å². The summed E-state index contributed by atoms with van der Waals surface area (Å²) in [5, 5.41) is 13.4. The first-order valence-electron chi connectivity index (χ1n) is 9.56. The van der Waals surface area contributed by atoms with Gasteiger partial charge in [0, 0.05) is 55.8 Å². The molecule has 1 aromatic carbocycles. The minimum Gasteiger partial charge on any atom is -0.394 e. The van der Waals surface area contributed by atoms with E-state index >= 15 is 0 Å². The molecule has 154 valence electrons. The van der Waals surface area contributed by atoms with Crippen LogP contribution in [0.4, 0.5) is 10.3 Å². The quantitative estimate of drug-likeness (QED) is 0.527. The number of nitrogens with zero attached hydrogens (tertiary/aromatic N) is 5. The zero-order valence-electron chi connectivity index (χ0n) is 16.3. The molecule has 2 aromatic rings. The van der Waals surface area contributed by atoms with Crippen LogP contribution >= 0.6 is 0 Å². The largest absolute Gasteiger partial charge is 0.394 e. The molecule has 2 aliphatic heterocycles. The summed E-state index contributed by atoms with van der Waals surface area (Å²) < 4.78 is 19.6. The van der Waals surface area contributed by atoms with Gasteiger partial charge in [-0.1, -0.05) is 23.4 Å². The number of rotatable bonds is 8. The maximum atomic E-state index is 14.3. The average molecular weight is 401 g/mol. The molecule has 4 rings (SSSR count). The van der Waals surface area contributed by atoms with E-state index in [1.807, 2.05) is 4.90 Å². The number of aromatic nitrogens is 2. The Kier molecular flexibility index (Phi) is 5.98. The van der Waals surface area contributed by atoms with Crippen molar-refractivity contribution in [3.05, 3.63) is 42.0 Å². The summed E-state index contributed by atoms with van der Waals surface area (Å²) >= 11 is 0. The van der Waals surface area contributed by atoms with Gasteiger partial charge in [-0.2, -0.15) is 0 Å². The highest BCUT2D eigenvalue weighted by atomic mass is 19.1. The minimum atomic E-state index is -0.446. The molecule has 2 fully saturated rings. The van der Waals surface area contributed by atoms with Gasteiger partial charge < -0.3 is 19.6 Å². The summed E-state index contributed by atoms with van der Waals surface area (Å²) in [7, 11) is 1.73. The van der Waals surface area contributed by atoms with Gasteiger partial charge in [-0.05, 0) is 0 Å². The van der Waals surface area contributed by atoms with E-state index in [9.17, 15) is 9.50 Å². The second-order valence-corrected chi connectivity index (χ2v) is 7.17. The molecule has 3 heterocycles. The maximum absolute atomic E-state index is 14.3. The number of hydrogen-bond donors (Lipinski definition) is 1. The molecular formula is C20H24FN5O3. The predicted molar refractivity (Wildman–Crippen MR) is 106 cm³/mol. The molecule has 8 nitrogen and oxygen atoms in total. The van der Waals surface area contributed by atoms with E-state index in [1.165, 1.54) is 0 Å². The lowest BCUT2D eigenvalue weighted by Crippen LogP contribution is -2.52. The summed E-state index contributed by atoms with van der Waals surface area (Å²) in [6.07, 6.45) is 3.53. The van der Waals surface area contributed by atoms with E-state index in [0.29, 0.717) is 42.9 Å². The molecule has 2 aliphatic rings. The van der Waals surface area contributed by atoms with Crippen LogP contribution < -0.4 is 4.90 Å². The molecule has 0 aliphatic carbocycles. The summed E-state index contributed by atoms with van der Waals surface area (Å²) in [4.78, 5) is 18.3. The molecule has 29 heavy (non-hydrogen) atoms. The molecule has 0 amide bonds. The molecule has 0 radical (unpaired) electrons. The number of anilines is 1. The second kappa shape index (κ2) is 8.81. The highest BCUT2D eigenvalue weighted by Gasteiger charge is 2.27. The Labute approximate surface area is 168 Å². The average Bonchev–Trinajstić information content (AvgIpc) is 2.68. The Morgan fingerprint density at radius 1 is 1.24 bits per heavy atom. The highest BCUT2D eigenvalue weighted by Crippen LogP contribution is 2.25. The third kappa shape index (κ3) is 4.36. The summed E-state index contributed by atoms with van der Waals surface area (Å²) in [6, 6.07) is 4.90. The monoisotopic (exact) mass is 401 g/mol. The van der Waals surface area contributed by atoms with Gasteiger partial charge in [-0.3, -0.25) is 4.90 Å². The van der Waals surface area contributed by atoms with Crippen LogP contribution in [0.1, 0.15) is 5.56 Å². The van der Waals surface area contributed by atoms with Gasteiger partial charge in [0.15, 0.2) is 0 Å². The molecular weight excluding hydrogens is 377 g/mol.